The Morgan fingerprint density at radius 3 is 2.38 bits per heavy atom. The molecule has 0 unspecified atom stereocenters. The van der Waals surface area contributed by atoms with E-state index in [1.807, 2.05) is 5.32 Å². The van der Waals surface area contributed by atoms with E-state index < -0.39 is 34.0 Å². The van der Waals surface area contributed by atoms with E-state index in [0.717, 1.165) is 6.07 Å². The van der Waals surface area contributed by atoms with Crippen LogP contribution in [0.3, 0.4) is 0 Å². The topological polar surface area (TPSA) is 131 Å². The van der Waals surface area contributed by atoms with E-state index in [0.29, 0.717) is 0 Å². The van der Waals surface area contributed by atoms with Crippen LogP contribution in [0.25, 0.3) is 0 Å². The number of carbonyl (C=O) groups is 3. The van der Waals surface area contributed by atoms with Gasteiger partial charge in [-0.05, 0) is 32.2 Å². The number of nitrogens with one attached hydrogen (secondary N) is 3. The normalized spacial score (nSPS) is 12.2. The van der Waals surface area contributed by atoms with Gasteiger partial charge < -0.3 is 10.1 Å². The number of ether oxygens (including phenoxy) is 1. The summed E-state index contributed by atoms with van der Waals surface area (Å²) in [6, 6.07) is 2.70. The molecule has 11 heteroatoms. The summed E-state index contributed by atoms with van der Waals surface area (Å²) in [5.41, 5.74) is -0.229. The van der Waals surface area contributed by atoms with Gasteiger partial charge in [0.25, 0.3) is 5.91 Å². The van der Waals surface area contributed by atoms with Gasteiger partial charge in [-0.2, -0.15) is 0 Å². The number of urea groups is 1. The van der Waals surface area contributed by atoms with Crippen LogP contribution in [-0.4, -0.2) is 46.5 Å². The Morgan fingerprint density at radius 1 is 1.21 bits per heavy atom. The van der Waals surface area contributed by atoms with Crippen LogP contribution in [0.2, 0.25) is 5.02 Å². The average Bonchev–Trinajstić information content (AvgIpc) is 2.54. The summed E-state index contributed by atoms with van der Waals surface area (Å²) in [6.07, 6.45) is -1.30. The van der Waals surface area contributed by atoms with Crippen LogP contribution in [0.5, 0.6) is 0 Å². The third-order valence-corrected chi connectivity index (χ3v) is 4.60. The number of hydrogen-bond acceptors (Lipinski definition) is 6. The van der Waals surface area contributed by atoms with E-state index in [1.54, 1.807) is 0 Å². The van der Waals surface area contributed by atoms with Gasteiger partial charge in [0, 0.05) is 7.05 Å². The summed E-state index contributed by atoms with van der Waals surface area (Å²) in [6.45, 7) is 1.25. The van der Waals surface area contributed by atoms with E-state index in [-0.39, 0.29) is 15.5 Å². The number of benzene rings is 1. The summed E-state index contributed by atoms with van der Waals surface area (Å²) in [5, 5.41) is 4.06. The van der Waals surface area contributed by atoms with Crippen LogP contribution in [0, 0.1) is 0 Å². The molecule has 1 aromatic rings. The van der Waals surface area contributed by atoms with E-state index in [4.69, 9.17) is 16.3 Å². The molecule has 0 saturated carbocycles. The van der Waals surface area contributed by atoms with Gasteiger partial charge in [-0.1, -0.05) is 11.6 Å². The van der Waals surface area contributed by atoms with E-state index in [2.05, 4.69) is 10.0 Å². The Kier molecular flexibility index (Phi) is 6.70. The Balaban J connectivity index is 2.97. The highest BCUT2D eigenvalue weighted by atomic mass is 35.5. The molecule has 0 bridgehead atoms. The number of sulfonamides is 1. The molecule has 0 aliphatic rings. The van der Waals surface area contributed by atoms with Crippen LogP contribution in [0.4, 0.5) is 4.79 Å². The van der Waals surface area contributed by atoms with Gasteiger partial charge >= 0.3 is 12.0 Å². The quantitative estimate of drug-likeness (QED) is 0.630. The van der Waals surface area contributed by atoms with Gasteiger partial charge in [0.2, 0.25) is 10.0 Å². The Bertz CT molecular complexity index is 765. The van der Waals surface area contributed by atoms with Crippen molar-refractivity contribution in [2.24, 2.45) is 0 Å². The molecule has 9 nitrogen and oxygen atoms in total. The third kappa shape index (κ3) is 4.91. The fourth-order valence-corrected chi connectivity index (χ4v) is 2.45. The highest BCUT2D eigenvalue weighted by molar-refractivity contribution is 7.89. The number of hydrogen-bond donors (Lipinski definition) is 3. The Labute approximate surface area is 143 Å². The summed E-state index contributed by atoms with van der Waals surface area (Å²) < 4.78 is 30.5. The largest absolute Gasteiger partial charge is 0.449 e. The molecule has 3 N–H and O–H groups in total. The van der Waals surface area contributed by atoms with Crippen molar-refractivity contribution in [1.82, 2.24) is 15.4 Å². The maximum Gasteiger partial charge on any atom is 0.340 e. The molecule has 0 spiro atoms. The zero-order chi connectivity index (χ0) is 18.5. The second-order valence-corrected chi connectivity index (χ2v) is 6.76. The third-order valence-electron chi connectivity index (χ3n) is 2.85. The first-order chi connectivity index (χ1) is 11.1. The number of esters is 1. The van der Waals surface area contributed by atoms with Crippen molar-refractivity contribution in [3.05, 3.63) is 28.8 Å². The lowest BCUT2D eigenvalue weighted by Gasteiger charge is -2.14. The molecule has 132 valence electrons. The van der Waals surface area contributed by atoms with Gasteiger partial charge in [-0.25, -0.2) is 22.7 Å². The molecule has 1 aromatic carbocycles. The smallest absolute Gasteiger partial charge is 0.340 e. The molecule has 0 aliphatic heterocycles. The number of amides is 3. The second-order valence-electron chi connectivity index (χ2n) is 4.47. The van der Waals surface area contributed by atoms with Crippen molar-refractivity contribution < 1.29 is 27.5 Å². The van der Waals surface area contributed by atoms with Crippen molar-refractivity contribution in [2.45, 2.75) is 17.9 Å². The molecule has 24 heavy (non-hydrogen) atoms. The molecule has 0 radical (unpaired) electrons. The monoisotopic (exact) mass is 377 g/mol. The van der Waals surface area contributed by atoms with E-state index in [9.17, 15) is 22.8 Å². The van der Waals surface area contributed by atoms with Crippen molar-refractivity contribution in [2.75, 3.05) is 14.1 Å². The molecule has 1 rings (SSSR count). The van der Waals surface area contributed by atoms with Crippen LogP contribution in [0.1, 0.15) is 17.3 Å². The standard InChI is InChI=1S/C13H16ClN3O6S/c1-7(11(18)17-13(20)15-2)23-12(19)9-6-8(4-5-10(9)14)24(21,22)16-3/h4-7,16H,1-3H3,(H2,15,17,18,20)/t7-/m1/s1. The SMILES string of the molecule is CNC(=O)NC(=O)[C@@H](C)OC(=O)c1cc(S(=O)(=O)NC)ccc1Cl. The first-order valence-electron chi connectivity index (χ1n) is 6.59. The first kappa shape index (κ1) is 19.9. The van der Waals surface area contributed by atoms with Crippen LogP contribution >= 0.6 is 11.6 Å². The highest BCUT2D eigenvalue weighted by Crippen LogP contribution is 2.21. The van der Waals surface area contributed by atoms with Crippen molar-refractivity contribution in [3.8, 4) is 0 Å². The molecular weight excluding hydrogens is 362 g/mol. The Hall–Kier alpha value is -2.17. The van der Waals surface area contributed by atoms with Gasteiger partial charge in [0.15, 0.2) is 6.10 Å². The summed E-state index contributed by atoms with van der Waals surface area (Å²) in [4.78, 5) is 34.6. The number of carbonyl (C=O) groups excluding carboxylic acids is 3. The molecule has 1 atom stereocenters. The molecule has 0 saturated heterocycles. The van der Waals surface area contributed by atoms with Crippen LogP contribution in [0.15, 0.2) is 23.1 Å². The summed E-state index contributed by atoms with van der Waals surface area (Å²) in [5.74, 6) is -1.86. The molecule has 3 amide bonds. The first-order valence-corrected chi connectivity index (χ1v) is 8.45. The second kappa shape index (κ2) is 8.08. The zero-order valence-electron chi connectivity index (χ0n) is 13.0. The molecule has 0 heterocycles. The minimum atomic E-state index is -3.78. The van der Waals surface area contributed by atoms with E-state index in [1.165, 1.54) is 33.2 Å². The van der Waals surface area contributed by atoms with Crippen molar-refractivity contribution in [1.29, 1.82) is 0 Å². The summed E-state index contributed by atoms with van der Waals surface area (Å²) >= 11 is 5.87. The fraction of sp³-hybridized carbons (Fsp3) is 0.308. The van der Waals surface area contributed by atoms with Gasteiger partial charge in [-0.3, -0.25) is 10.1 Å². The minimum absolute atomic E-state index is 0.0473. The number of rotatable bonds is 5. The summed E-state index contributed by atoms with van der Waals surface area (Å²) in [7, 11) is -1.26. The lowest BCUT2D eigenvalue weighted by atomic mass is 10.2. The molecular formula is C13H16ClN3O6S. The fourth-order valence-electron chi connectivity index (χ4n) is 1.50. The van der Waals surface area contributed by atoms with Crippen LogP contribution < -0.4 is 15.4 Å². The zero-order valence-corrected chi connectivity index (χ0v) is 14.6. The van der Waals surface area contributed by atoms with Crippen molar-refractivity contribution in [3.63, 3.8) is 0 Å². The maximum absolute atomic E-state index is 12.1. The molecule has 0 aliphatic carbocycles. The maximum atomic E-state index is 12.1. The van der Waals surface area contributed by atoms with Gasteiger partial charge in [0.1, 0.15) is 0 Å². The van der Waals surface area contributed by atoms with E-state index >= 15 is 0 Å². The molecule has 0 aromatic heterocycles. The predicted octanol–water partition coefficient (Wildman–Crippen LogP) is 0.249. The van der Waals surface area contributed by atoms with Crippen LogP contribution in [-0.2, 0) is 19.6 Å². The number of imide groups is 1. The Morgan fingerprint density at radius 2 is 1.83 bits per heavy atom. The van der Waals surface area contributed by atoms with Gasteiger partial charge in [-0.15, -0.1) is 0 Å². The predicted molar refractivity (Wildman–Crippen MR) is 85.2 cm³/mol. The number of halogens is 1. The molecule has 0 fully saturated rings. The van der Waals surface area contributed by atoms with Crippen molar-refractivity contribution >= 4 is 39.5 Å². The average molecular weight is 378 g/mol. The lowest BCUT2D eigenvalue weighted by molar-refractivity contribution is -0.127. The minimum Gasteiger partial charge on any atom is -0.449 e. The lowest BCUT2D eigenvalue weighted by Crippen LogP contribution is -2.43. The highest BCUT2D eigenvalue weighted by Gasteiger charge is 2.23. The van der Waals surface area contributed by atoms with Gasteiger partial charge in [0.05, 0.1) is 15.5 Å².